The summed E-state index contributed by atoms with van der Waals surface area (Å²) in [6.07, 6.45) is 4.16. The average Bonchev–Trinajstić information content (AvgIpc) is 3.62. The van der Waals surface area contributed by atoms with Gasteiger partial charge in [0, 0.05) is 38.0 Å². The van der Waals surface area contributed by atoms with Crippen molar-refractivity contribution in [2.45, 2.75) is 44.2 Å². The number of hydrogen-bond donors (Lipinski definition) is 1. The van der Waals surface area contributed by atoms with Gasteiger partial charge in [0.1, 0.15) is 6.04 Å². The maximum absolute atomic E-state index is 13.1. The van der Waals surface area contributed by atoms with Crippen molar-refractivity contribution in [3.05, 3.63) is 76.6 Å². The molecule has 3 aliphatic rings. The van der Waals surface area contributed by atoms with E-state index in [9.17, 15) is 19.2 Å². The molecule has 10 nitrogen and oxygen atoms in total. The lowest BCUT2D eigenvalue weighted by Crippen LogP contribution is -2.52. The summed E-state index contributed by atoms with van der Waals surface area (Å²) >= 11 is 0. The van der Waals surface area contributed by atoms with Gasteiger partial charge in [-0.15, -0.1) is 5.10 Å². The van der Waals surface area contributed by atoms with Crippen LogP contribution in [-0.4, -0.2) is 68.1 Å². The van der Waals surface area contributed by atoms with Crippen LogP contribution in [0.1, 0.15) is 62.7 Å². The molecule has 1 N–H and O–H groups in total. The van der Waals surface area contributed by atoms with E-state index in [1.165, 1.54) is 20.7 Å². The Bertz CT molecular complexity index is 1450. The molecule has 1 aromatic heterocycles. The minimum Gasteiger partial charge on any atom is -0.340 e. The smallest absolute Gasteiger partial charge is 0.275 e. The summed E-state index contributed by atoms with van der Waals surface area (Å²) in [7, 11) is 1.78. The number of likely N-dealkylation sites (N-methyl/N-ethyl adjacent to an activating group) is 1. The van der Waals surface area contributed by atoms with Crippen LogP contribution in [0.2, 0.25) is 0 Å². The van der Waals surface area contributed by atoms with Crippen molar-refractivity contribution in [1.29, 1.82) is 0 Å². The van der Waals surface area contributed by atoms with Crippen LogP contribution in [0, 0.1) is 0 Å². The molecule has 1 saturated heterocycles. The van der Waals surface area contributed by atoms with Gasteiger partial charge in [-0.25, -0.2) is 4.68 Å². The first-order chi connectivity index (χ1) is 17.9. The van der Waals surface area contributed by atoms with Crippen LogP contribution in [0.5, 0.6) is 0 Å². The zero-order valence-corrected chi connectivity index (χ0v) is 20.4. The number of aryl methyl sites for hydroxylation is 1. The van der Waals surface area contributed by atoms with Gasteiger partial charge in [0.2, 0.25) is 11.8 Å². The van der Waals surface area contributed by atoms with Gasteiger partial charge in [-0.2, -0.15) is 0 Å². The molecule has 2 aliphatic heterocycles. The fourth-order valence-electron chi connectivity index (χ4n) is 5.64. The normalized spacial score (nSPS) is 20.6. The Hall–Kier alpha value is -4.34. The molecular formula is C27H26N6O4. The zero-order valence-electron chi connectivity index (χ0n) is 20.4. The number of benzene rings is 2. The average molecular weight is 499 g/mol. The highest BCUT2D eigenvalue weighted by Crippen LogP contribution is 2.33. The third-order valence-corrected chi connectivity index (χ3v) is 7.58. The predicted octanol–water partition coefficient (Wildman–Crippen LogP) is 1.83. The molecule has 0 spiro atoms. The minimum atomic E-state index is -0.668. The number of fused-ring (bicyclic) bond motifs is 2. The van der Waals surface area contributed by atoms with E-state index in [4.69, 9.17) is 0 Å². The number of aromatic nitrogens is 3. The van der Waals surface area contributed by atoms with Crippen LogP contribution in [0.3, 0.4) is 0 Å². The number of carbonyl (C=O) groups is 4. The van der Waals surface area contributed by atoms with Crippen LogP contribution >= 0.6 is 0 Å². The van der Waals surface area contributed by atoms with Gasteiger partial charge in [0.15, 0.2) is 5.69 Å². The number of rotatable bonds is 5. The first-order valence-corrected chi connectivity index (χ1v) is 12.4. The Morgan fingerprint density at radius 2 is 1.92 bits per heavy atom. The number of hydrogen-bond acceptors (Lipinski definition) is 6. The van der Waals surface area contributed by atoms with Gasteiger partial charge in [0.05, 0.1) is 11.9 Å². The van der Waals surface area contributed by atoms with Crippen molar-refractivity contribution in [3.63, 3.8) is 0 Å². The van der Waals surface area contributed by atoms with E-state index in [-0.39, 0.29) is 36.4 Å². The monoisotopic (exact) mass is 498 g/mol. The molecular weight excluding hydrogens is 472 g/mol. The number of piperidine rings is 1. The summed E-state index contributed by atoms with van der Waals surface area (Å²) in [5.74, 6) is -0.886. The summed E-state index contributed by atoms with van der Waals surface area (Å²) in [4.78, 5) is 53.0. The summed E-state index contributed by atoms with van der Waals surface area (Å²) < 4.78 is 1.52. The van der Waals surface area contributed by atoms with Crippen molar-refractivity contribution in [1.82, 2.24) is 30.1 Å². The molecule has 0 saturated carbocycles. The Labute approximate surface area is 213 Å². The Morgan fingerprint density at radius 1 is 1.08 bits per heavy atom. The topological polar surface area (TPSA) is 118 Å². The van der Waals surface area contributed by atoms with Gasteiger partial charge >= 0.3 is 0 Å². The molecule has 188 valence electrons. The van der Waals surface area contributed by atoms with E-state index in [0.29, 0.717) is 30.1 Å². The first-order valence-electron chi connectivity index (χ1n) is 12.4. The third-order valence-electron chi connectivity index (χ3n) is 7.58. The standard InChI is InChI=1S/C27H26N6O4/c1-31(13-17-7-6-16-4-2-3-5-20(16)17)27(37)22-15-33(30-29-22)19-8-9-21-18(12-19)14-32(26(21)36)23-10-11-24(34)28-25(23)35/h2-5,8-9,12,15,17,23H,6-7,10-11,13-14H2,1H3,(H,28,34,35). The quantitative estimate of drug-likeness (QED) is 0.537. The summed E-state index contributed by atoms with van der Waals surface area (Å²) in [6.45, 7) is 0.875. The van der Waals surface area contributed by atoms with Crippen LogP contribution in [0.4, 0.5) is 0 Å². The Balaban J connectivity index is 1.16. The maximum atomic E-state index is 13.1. The van der Waals surface area contributed by atoms with Gasteiger partial charge in [0.25, 0.3) is 11.8 Å². The van der Waals surface area contributed by atoms with Crippen LogP contribution < -0.4 is 5.32 Å². The van der Waals surface area contributed by atoms with E-state index >= 15 is 0 Å². The van der Waals surface area contributed by atoms with E-state index in [0.717, 1.165) is 18.4 Å². The van der Waals surface area contributed by atoms with Gasteiger partial charge in [-0.1, -0.05) is 29.5 Å². The zero-order chi connectivity index (χ0) is 25.7. The lowest BCUT2D eigenvalue weighted by atomic mass is 10.0. The van der Waals surface area contributed by atoms with E-state index < -0.39 is 11.9 Å². The number of nitrogens with zero attached hydrogens (tertiary/aromatic N) is 5. The lowest BCUT2D eigenvalue weighted by Gasteiger charge is -2.29. The molecule has 37 heavy (non-hydrogen) atoms. The first kappa shape index (κ1) is 23.1. The Kier molecular flexibility index (Phi) is 5.58. The van der Waals surface area contributed by atoms with Gasteiger partial charge in [-0.3, -0.25) is 24.5 Å². The van der Waals surface area contributed by atoms with Crippen molar-refractivity contribution in [2.24, 2.45) is 0 Å². The maximum Gasteiger partial charge on any atom is 0.275 e. The fraction of sp³-hybridized carbons (Fsp3) is 0.333. The molecule has 10 heteroatoms. The summed E-state index contributed by atoms with van der Waals surface area (Å²) in [6, 6.07) is 13.0. The second-order valence-electron chi connectivity index (χ2n) is 9.91. The fourth-order valence-corrected chi connectivity index (χ4v) is 5.64. The highest BCUT2D eigenvalue weighted by molar-refractivity contribution is 6.05. The molecule has 2 unspecified atom stereocenters. The molecule has 2 aromatic carbocycles. The van der Waals surface area contributed by atoms with E-state index in [1.807, 2.05) is 12.1 Å². The van der Waals surface area contributed by atoms with E-state index in [1.54, 1.807) is 30.3 Å². The molecule has 0 radical (unpaired) electrons. The second kappa shape index (κ2) is 8.95. The molecule has 1 fully saturated rings. The molecule has 2 atom stereocenters. The number of imide groups is 1. The molecule has 6 rings (SSSR count). The Morgan fingerprint density at radius 3 is 2.76 bits per heavy atom. The summed E-state index contributed by atoms with van der Waals surface area (Å²) in [5, 5.41) is 10.6. The van der Waals surface area contributed by atoms with E-state index in [2.05, 4.69) is 33.8 Å². The summed E-state index contributed by atoms with van der Waals surface area (Å²) in [5.41, 5.74) is 4.84. The number of nitrogens with one attached hydrogen (secondary N) is 1. The van der Waals surface area contributed by atoms with Crippen molar-refractivity contribution in [3.8, 4) is 5.69 Å². The lowest BCUT2D eigenvalue weighted by molar-refractivity contribution is -0.136. The predicted molar refractivity (Wildman–Crippen MR) is 132 cm³/mol. The van der Waals surface area contributed by atoms with Crippen molar-refractivity contribution in [2.75, 3.05) is 13.6 Å². The van der Waals surface area contributed by atoms with Gasteiger partial charge < -0.3 is 9.80 Å². The van der Waals surface area contributed by atoms with Crippen LogP contribution in [0.25, 0.3) is 5.69 Å². The molecule has 1 aliphatic carbocycles. The SMILES string of the molecule is CN(CC1CCc2ccccc21)C(=O)c1cn(-c2ccc3c(c2)CN(C2CCC(=O)NC2=O)C3=O)nn1. The van der Waals surface area contributed by atoms with Crippen molar-refractivity contribution < 1.29 is 19.2 Å². The molecule has 3 aromatic rings. The largest absolute Gasteiger partial charge is 0.340 e. The molecule has 4 amide bonds. The second-order valence-corrected chi connectivity index (χ2v) is 9.91. The third kappa shape index (κ3) is 4.08. The minimum absolute atomic E-state index is 0.198. The molecule has 0 bridgehead atoms. The van der Waals surface area contributed by atoms with Gasteiger partial charge in [-0.05, 0) is 54.2 Å². The number of carbonyl (C=O) groups excluding carboxylic acids is 4. The highest BCUT2D eigenvalue weighted by atomic mass is 16.2. The number of amides is 4. The van der Waals surface area contributed by atoms with Crippen LogP contribution in [0.15, 0.2) is 48.7 Å². The van der Waals surface area contributed by atoms with Crippen LogP contribution in [-0.2, 0) is 22.6 Å². The molecule has 3 heterocycles. The highest BCUT2D eigenvalue weighted by Gasteiger charge is 2.39. The van der Waals surface area contributed by atoms with Crippen molar-refractivity contribution >= 4 is 23.6 Å².